The summed E-state index contributed by atoms with van der Waals surface area (Å²) in [4.78, 5) is 22.8. The van der Waals surface area contributed by atoms with E-state index >= 15 is 0 Å². The van der Waals surface area contributed by atoms with Gasteiger partial charge < -0.3 is 9.47 Å². The molecule has 0 aliphatic heterocycles. The van der Waals surface area contributed by atoms with Crippen LogP contribution >= 0.6 is 0 Å². The highest BCUT2D eigenvalue weighted by Crippen LogP contribution is 2.20. The fourth-order valence-corrected chi connectivity index (χ4v) is 1.60. The minimum absolute atomic E-state index is 0.260. The van der Waals surface area contributed by atoms with E-state index in [1.165, 1.54) is 6.07 Å². The number of alkyl halides is 2. The summed E-state index contributed by atoms with van der Waals surface area (Å²) in [5, 5.41) is -4.60. The van der Waals surface area contributed by atoms with E-state index in [-0.39, 0.29) is 5.56 Å². The van der Waals surface area contributed by atoms with Crippen LogP contribution in [0.25, 0.3) is 0 Å². The second-order valence-corrected chi connectivity index (χ2v) is 6.08. The van der Waals surface area contributed by atoms with E-state index in [9.17, 15) is 26.8 Å². The summed E-state index contributed by atoms with van der Waals surface area (Å²) in [6.07, 6.45) is -0.543. The number of benzene rings is 1. The van der Waals surface area contributed by atoms with Crippen molar-refractivity contribution in [1.82, 2.24) is 0 Å². The molecule has 0 aliphatic carbocycles. The molecule has 0 fully saturated rings. The quantitative estimate of drug-likeness (QED) is 0.402. The summed E-state index contributed by atoms with van der Waals surface area (Å²) in [6, 6.07) is 6.47. The summed E-state index contributed by atoms with van der Waals surface area (Å²) < 4.78 is 63.2. The molecule has 0 radical (unpaired) electrons. The van der Waals surface area contributed by atoms with Crippen LogP contribution in [0, 0.1) is 0 Å². The third kappa shape index (κ3) is 5.95. The Hall–Kier alpha value is -2.01. The normalized spacial score (nSPS) is 11.8. The molecule has 0 atom stereocenters. The SMILES string of the molecule is Bc1cccc(C(=O)OCCC(=O)OCC(F)(F)S(=O)(=O)O)c1. The van der Waals surface area contributed by atoms with E-state index < -0.39 is 46.9 Å². The van der Waals surface area contributed by atoms with Gasteiger partial charge in [0.05, 0.1) is 12.0 Å². The third-order valence-corrected chi connectivity index (χ3v) is 3.44. The minimum atomic E-state index is -5.67. The lowest BCUT2D eigenvalue weighted by molar-refractivity contribution is -0.150. The van der Waals surface area contributed by atoms with Gasteiger partial charge >= 0.3 is 27.3 Å². The third-order valence-electron chi connectivity index (χ3n) is 2.57. The second kappa shape index (κ2) is 7.51. The van der Waals surface area contributed by atoms with Crippen molar-refractivity contribution >= 4 is 35.4 Å². The number of esters is 2. The van der Waals surface area contributed by atoms with Crippen LogP contribution < -0.4 is 5.46 Å². The van der Waals surface area contributed by atoms with E-state index in [1.807, 2.05) is 0 Å². The Kier molecular flexibility index (Phi) is 6.22. The van der Waals surface area contributed by atoms with E-state index in [0.29, 0.717) is 0 Å². The Balaban J connectivity index is 2.39. The topological polar surface area (TPSA) is 107 Å². The van der Waals surface area contributed by atoms with Gasteiger partial charge in [-0.15, -0.1) is 0 Å². The monoisotopic (exact) mass is 350 g/mol. The standard InChI is InChI=1S/C12H13BF2O7S/c13-9-3-1-2-8(6-9)11(17)21-5-4-10(16)22-7-12(14,15)23(18,19)20/h1-3,6H,4-5,7,13H2,(H,18,19,20). The van der Waals surface area contributed by atoms with Crippen LogP contribution in [0.5, 0.6) is 0 Å². The fraction of sp³-hybridized carbons (Fsp3) is 0.333. The number of carbonyl (C=O) groups excluding carboxylic acids is 2. The molecular formula is C12H13BF2O7S. The number of hydrogen-bond acceptors (Lipinski definition) is 6. The van der Waals surface area contributed by atoms with Gasteiger partial charge in [-0.1, -0.05) is 23.7 Å². The van der Waals surface area contributed by atoms with Crippen molar-refractivity contribution in [1.29, 1.82) is 0 Å². The lowest BCUT2D eigenvalue weighted by atomic mass is 9.94. The van der Waals surface area contributed by atoms with Crippen LogP contribution in [-0.4, -0.2) is 51.2 Å². The van der Waals surface area contributed by atoms with E-state index in [0.717, 1.165) is 5.46 Å². The molecule has 11 heteroatoms. The molecule has 0 bridgehead atoms. The van der Waals surface area contributed by atoms with Crippen molar-refractivity contribution in [3.05, 3.63) is 29.8 Å². The minimum Gasteiger partial charge on any atom is -0.461 e. The Bertz CT molecular complexity index is 690. The van der Waals surface area contributed by atoms with Crippen molar-refractivity contribution in [2.45, 2.75) is 11.7 Å². The zero-order valence-corrected chi connectivity index (χ0v) is 12.8. The number of carbonyl (C=O) groups is 2. The molecule has 1 N–H and O–H groups in total. The van der Waals surface area contributed by atoms with Gasteiger partial charge in [0.2, 0.25) is 0 Å². The number of ether oxygens (including phenoxy) is 2. The first-order valence-corrected chi connectivity index (χ1v) is 7.71. The van der Waals surface area contributed by atoms with Crippen molar-refractivity contribution in [2.75, 3.05) is 13.2 Å². The van der Waals surface area contributed by atoms with Crippen molar-refractivity contribution in [3.8, 4) is 0 Å². The van der Waals surface area contributed by atoms with E-state index in [2.05, 4.69) is 4.74 Å². The molecular weight excluding hydrogens is 337 g/mol. The Labute approximate surface area is 131 Å². The Morgan fingerprint density at radius 2 is 1.91 bits per heavy atom. The molecule has 0 amide bonds. The molecule has 0 unspecified atom stereocenters. The van der Waals surface area contributed by atoms with Crippen LogP contribution in [-0.2, 0) is 24.4 Å². The van der Waals surface area contributed by atoms with Gasteiger partial charge in [0.1, 0.15) is 14.5 Å². The van der Waals surface area contributed by atoms with Crippen LogP contribution in [0.2, 0.25) is 0 Å². The molecule has 0 saturated carbocycles. The van der Waals surface area contributed by atoms with Crippen LogP contribution in [0.15, 0.2) is 24.3 Å². The first-order chi connectivity index (χ1) is 10.5. The smallest absolute Gasteiger partial charge is 0.402 e. The Morgan fingerprint density at radius 1 is 1.26 bits per heavy atom. The van der Waals surface area contributed by atoms with Crippen molar-refractivity contribution in [2.24, 2.45) is 0 Å². The first-order valence-electron chi connectivity index (χ1n) is 6.27. The van der Waals surface area contributed by atoms with Crippen LogP contribution in [0.4, 0.5) is 8.78 Å². The molecule has 1 aromatic rings. The molecule has 0 aliphatic rings. The molecule has 0 saturated heterocycles. The summed E-state index contributed by atoms with van der Waals surface area (Å²) in [5.74, 6) is -1.91. The van der Waals surface area contributed by atoms with Gasteiger partial charge in [0.15, 0.2) is 6.61 Å². The number of rotatable bonds is 7. The zero-order valence-electron chi connectivity index (χ0n) is 12.0. The molecule has 126 valence electrons. The second-order valence-electron chi connectivity index (χ2n) is 4.53. The predicted molar refractivity (Wildman–Crippen MR) is 77.0 cm³/mol. The maximum absolute atomic E-state index is 12.8. The molecule has 1 aromatic carbocycles. The highest BCUT2D eigenvalue weighted by molar-refractivity contribution is 7.86. The van der Waals surface area contributed by atoms with Crippen LogP contribution in [0.3, 0.4) is 0 Å². The number of halogens is 2. The lowest BCUT2D eigenvalue weighted by Gasteiger charge is -2.13. The van der Waals surface area contributed by atoms with Crippen LogP contribution in [0.1, 0.15) is 16.8 Å². The zero-order chi connectivity index (χ0) is 17.7. The van der Waals surface area contributed by atoms with Gasteiger partial charge in [-0.25, -0.2) is 4.79 Å². The maximum Gasteiger partial charge on any atom is 0.402 e. The molecule has 23 heavy (non-hydrogen) atoms. The molecule has 7 nitrogen and oxygen atoms in total. The van der Waals surface area contributed by atoms with Gasteiger partial charge in [0.25, 0.3) is 0 Å². The van der Waals surface area contributed by atoms with E-state index in [4.69, 9.17) is 9.29 Å². The summed E-state index contributed by atoms with van der Waals surface area (Å²) in [5.41, 5.74) is 1.09. The van der Waals surface area contributed by atoms with Gasteiger partial charge in [-0.3, -0.25) is 9.35 Å². The molecule has 0 spiro atoms. The molecule has 0 heterocycles. The molecule has 0 aromatic heterocycles. The number of hydrogen-bond donors (Lipinski definition) is 1. The largest absolute Gasteiger partial charge is 0.461 e. The highest BCUT2D eigenvalue weighted by atomic mass is 32.2. The first kappa shape index (κ1) is 19.0. The molecule has 1 rings (SSSR count). The predicted octanol–water partition coefficient (Wildman–Crippen LogP) is -0.484. The summed E-state index contributed by atoms with van der Waals surface area (Å²) >= 11 is 0. The average molecular weight is 350 g/mol. The Morgan fingerprint density at radius 3 is 2.48 bits per heavy atom. The summed E-state index contributed by atoms with van der Waals surface area (Å²) in [7, 11) is -3.90. The average Bonchev–Trinajstić information content (AvgIpc) is 2.44. The van der Waals surface area contributed by atoms with Crippen molar-refractivity contribution < 1.29 is 40.8 Å². The van der Waals surface area contributed by atoms with E-state index in [1.54, 1.807) is 26.0 Å². The fourth-order valence-electron chi connectivity index (χ4n) is 1.39. The lowest BCUT2D eigenvalue weighted by Crippen LogP contribution is -2.34. The highest BCUT2D eigenvalue weighted by Gasteiger charge is 2.45. The summed E-state index contributed by atoms with van der Waals surface area (Å²) in [6.45, 7) is -2.25. The van der Waals surface area contributed by atoms with Gasteiger partial charge in [0, 0.05) is 0 Å². The maximum atomic E-state index is 12.8. The van der Waals surface area contributed by atoms with Gasteiger partial charge in [-0.2, -0.15) is 17.2 Å². The van der Waals surface area contributed by atoms with Gasteiger partial charge in [-0.05, 0) is 6.07 Å². The van der Waals surface area contributed by atoms with Crippen molar-refractivity contribution in [3.63, 3.8) is 0 Å².